The van der Waals surface area contributed by atoms with Crippen LogP contribution in [-0.4, -0.2) is 29.6 Å². The molecule has 1 heterocycles. The van der Waals surface area contributed by atoms with Crippen molar-refractivity contribution in [2.75, 3.05) is 11.9 Å². The molecule has 0 bridgehead atoms. The molecule has 1 amide bonds. The standard InChI is InChI=1S/C24H30N4O3S2/c1-3-17-7-5-8-18(4-2)22(17)26-24(29)19-13-11-16(12-14-19)15-25-33(30,31)21-10-6-9-20-23(21)28-32-27-20/h5-10,16,19,25H,3-4,11-15H2,1-2H3,(H,26,29). The lowest BCUT2D eigenvalue weighted by atomic mass is 9.81. The van der Waals surface area contributed by atoms with Gasteiger partial charge in [0.25, 0.3) is 0 Å². The first-order valence-corrected chi connectivity index (χ1v) is 13.8. The molecule has 4 rings (SSSR count). The molecule has 0 radical (unpaired) electrons. The van der Waals surface area contributed by atoms with Crippen LogP contribution >= 0.6 is 11.7 Å². The molecule has 0 saturated heterocycles. The molecule has 1 aliphatic rings. The van der Waals surface area contributed by atoms with Crippen molar-refractivity contribution in [1.29, 1.82) is 0 Å². The zero-order valence-electron chi connectivity index (χ0n) is 19.0. The van der Waals surface area contributed by atoms with E-state index in [2.05, 4.69) is 44.8 Å². The first-order chi connectivity index (χ1) is 15.9. The van der Waals surface area contributed by atoms with Crippen LogP contribution in [0, 0.1) is 11.8 Å². The van der Waals surface area contributed by atoms with Crippen LogP contribution in [0.1, 0.15) is 50.7 Å². The van der Waals surface area contributed by atoms with Crippen LogP contribution in [0.15, 0.2) is 41.3 Å². The number of sulfonamides is 1. The predicted molar refractivity (Wildman–Crippen MR) is 132 cm³/mol. The van der Waals surface area contributed by atoms with E-state index in [9.17, 15) is 13.2 Å². The molecule has 176 valence electrons. The van der Waals surface area contributed by atoms with E-state index in [0.717, 1.165) is 67.1 Å². The minimum atomic E-state index is -3.67. The van der Waals surface area contributed by atoms with Gasteiger partial charge in [0.1, 0.15) is 15.9 Å². The lowest BCUT2D eigenvalue weighted by Crippen LogP contribution is -2.34. The van der Waals surface area contributed by atoms with Crippen LogP contribution in [0.5, 0.6) is 0 Å². The Morgan fingerprint density at radius 1 is 1.00 bits per heavy atom. The zero-order chi connectivity index (χ0) is 23.4. The number of aryl methyl sites for hydroxylation is 2. The van der Waals surface area contributed by atoms with Gasteiger partial charge in [-0.2, -0.15) is 8.75 Å². The summed E-state index contributed by atoms with van der Waals surface area (Å²) in [4.78, 5) is 13.1. The molecule has 1 saturated carbocycles. The van der Waals surface area contributed by atoms with Crippen LogP contribution in [0.4, 0.5) is 5.69 Å². The molecule has 3 aromatic rings. The monoisotopic (exact) mass is 486 g/mol. The third kappa shape index (κ3) is 5.26. The van der Waals surface area contributed by atoms with E-state index in [1.165, 1.54) is 0 Å². The van der Waals surface area contributed by atoms with Crippen LogP contribution < -0.4 is 10.0 Å². The lowest BCUT2D eigenvalue weighted by molar-refractivity contribution is -0.121. The number of anilines is 1. The molecule has 9 heteroatoms. The van der Waals surface area contributed by atoms with Crippen molar-refractivity contribution in [1.82, 2.24) is 13.5 Å². The minimum absolute atomic E-state index is 0.0395. The summed E-state index contributed by atoms with van der Waals surface area (Å²) in [6, 6.07) is 11.2. The van der Waals surface area contributed by atoms with E-state index < -0.39 is 10.0 Å². The number of carbonyl (C=O) groups excluding carboxylic acids is 1. The quantitative estimate of drug-likeness (QED) is 0.487. The van der Waals surface area contributed by atoms with Gasteiger partial charge in [-0.15, -0.1) is 0 Å². The van der Waals surface area contributed by atoms with Crippen molar-refractivity contribution in [3.05, 3.63) is 47.5 Å². The zero-order valence-corrected chi connectivity index (χ0v) is 20.6. The first kappa shape index (κ1) is 23.8. The fraction of sp³-hybridized carbons (Fsp3) is 0.458. The van der Waals surface area contributed by atoms with Gasteiger partial charge in [0.2, 0.25) is 15.9 Å². The van der Waals surface area contributed by atoms with Gasteiger partial charge in [-0.25, -0.2) is 13.1 Å². The summed E-state index contributed by atoms with van der Waals surface area (Å²) in [5, 5.41) is 3.20. The molecule has 0 unspecified atom stereocenters. The highest BCUT2D eigenvalue weighted by molar-refractivity contribution is 7.89. The Kier molecular flexibility index (Phi) is 7.41. The number of hydrogen-bond acceptors (Lipinski definition) is 6. The van der Waals surface area contributed by atoms with Gasteiger partial charge in [0, 0.05) is 18.2 Å². The van der Waals surface area contributed by atoms with Gasteiger partial charge in [-0.1, -0.05) is 38.1 Å². The van der Waals surface area contributed by atoms with Gasteiger partial charge in [-0.05, 0) is 67.7 Å². The van der Waals surface area contributed by atoms with Gasteiger partial charge < -0.3 is 5.32 Å². The van der Waals surface area contributed by atoms with Crippen molar-refractivity contribution in [2.24, 2.45) is 11.8 Å². The maximum Gasteiger partial charge on any atom is 0.242 e. The normalized spacial score (nSPS) is 19.0. The van der Waals surface area contributed by atoms with E-state index >= 15 is 0 Å². The number of aromatic nitrogens is 2. The molecule has 1 aromatic heterocycles. The molecule has 2 aromatic carbocycles. The summed E-state index contributed by atoms with van der Waals surface area (Å²) in [5.74, 6) is 0.250. The summed E-state index contributed by atoms with van der Waals surface area (Å²) >= 11 is 1.01. The maximum absolute atomic E-state index is 13.0. The van der Waals surface area contributed by atoms with Gasteiger partial charge >= 0.3 is 0 Å². The second kappa shape index (κ2) is 10.3. The molecular weight excluding hydrogens is 456 g/mol. The fourth-order valence-corrected chi connectivity index (χ4v) is 6.44. The first-order valence-electron chi connectivity index (χ1n) is 11.6. The van der Waals surface area contributed by atoms with Crippen LogP contribution in [0.3, 0.4) is 0 Å². The fourth-order valence-electron chi connectivity index (χ4n) is 4.56. The molecule has 7 nitrogen and oxygen atoms in total. The summed E-state index contributed by atoms with van der Waals surface area (Å²) < 4.78 is 36.7. The van der Waals surface area contributed by atoms with Crippen molar-refractivity contribution < 1.29 is 13.2 Å². The number of amides is 1. The number of para-hydroxylation sites is 1. The van der Waals surface area contributed by atoms with Crippen LogP contribution in [0.2, 0.25) is 0 Å². The number of nitrogens with zero attached hydrogens (tertiary/aromatic N) is 2. The number of hydrogen-bond donors (Lipinski definition) is 2. The third-order valence-electron chi connectivity index (χ3n) is 6.57. The van der Waals surface area contributed by atoms with Crippen molar-refractivity contribution in [2.45, 2.75) is 57.3 Å². The second-order valence-electron chi connectivity index (χ2n) is 8.61. The van der Waals surface area contributed by atoms with E-state index in [-0.39, 0.29) is 22.6 Å². The SMILES string of the molecule is CCc1cccc(CC)c1NC(=O)C1CCC(CNS(=O)(=O)c2cccc3nsnc23)CC1. The summed E-state index contributed by atoms with van der Waals surface area (Å²) in [5.41, 5.74) is 4.29. The Morgan fingerprint density at radius 2 is 1.67 bits per heavy atom. The molecule has 0 aliphatic heterocycles. The number of fused-ring (bicyclic) bond motifs is 1. The maximum atomic E-state index is 13.0. The van der Waals surface area contributed by atoms with Gasteiger partial charge in [0.15, 0.2) is 0 Å². The molecule has 2 N–H and O–H groups in total. The Labute approximate surface area is 199 Å². The van der Waals surface area contributed by atoms with E-state index in [1.54, 1.807) is 18.2 Å². The van der Waals surface area contributed by atoms with Crippen molar-refractivity contribution in [3.8, 4) is 0 Å². The van der Waals surface area contributed by atoms with Crippen LogP contribution in [0.25, 0.3) is 11.0 Å². The highest BCUT2D eigenvalue weighted by Crippen LogP contribution is 2.31. The summed E-state index contributed by atoms with van der Waals surface area (Å²) in [6.07, 6.45) is 4.92. The largest absolute Gasteiger partial charge is 0.325 e. The van der Waals surface area contributed by atoms with Gasteiger partial charge in [0.05, 0.1) is 11.7 Å². The molecule has 0 atom stereocenters. The van der Waals surface area contributed by atoms with Crippen LogP contribution in [-0.2, 0) is 27.7 Å². The average molecular weight is 487 g/mol. The molecule has 0 spiro atoms. The molecule has 1 fully saturated rings. The number of carbonyl (C=O) groups is 1. The Hall–Kier alpha value is -2.36. The summed E-state index contributed by atoms with van der Waals surface area (Å²) in [6.45, 7) is 4.56. The van der Waals surface area contributed by atoms with Crippen molar-refractivity contribution in [3.63, 3.8) is 0 Å². The lowest BCUT2D eigenvalue weighted by Gasteiger charge is -2.28. The Bertz CT molecular complexity index is 1210. The Balaban J connectivity index is 1.33. The van der Waals surface area contributed by atoms with Crippen molar-refractivity contribution >= 4 is 44.4 Å². The molecular formula is C24H30N4O3S2. The topological polar surface area (TPSA) is 101 Å². The highest BCUT2D eigenvalue weighted by Gasteiger charge is 2.28. The number of nitrogens with one attached hydrogen (secondary N) is 2. The average Bonchev–Trinajstić information content (AvgIpc) is 3.32. The van der Waals surface area contributed by atoms with E-state index in [0.29, 0.717) is 17.6 Å². The minimum Gasteiger partial charge on any atom is -0.325 e. The van der Waals surface area contributed by atoms with E-state index in [1.807, 2.05) is 6.07 Å². The molecule has 33 heavy (non-hydrogen) atoms. The Morgan fingerprint density at radius 3 is 2.33 bits per heavy atom. The van der Waals surface area contributed by atoms with Gasteiger partial charge in [-0.3, -0.25) is 4.79 Å². The number of benzene rings is 2. The summed E-state index contributed by atoms with van der Waals surface area (Å²) in [7, 11) is -3.67. The number of rotatable bonds is 8. The highest BCUT2D eigenvalue weighted by atomic mass is 32.2. The predicted octanol–water partition coefficient (Wildman–Crippen LogP) is 4.54. The second-order valence-corrected chi connectivity index (χ2v) is 10.9. The third-order valence-corrected chi connectivity index (χ3v) is 8.56. The molecule has 1 aliphatic carbocycles. The van der Waals surface area contributed by atoms with E-state index in [4.69, 9.17) is 0 Å². The smallest absolute Gasteiger partial charge is 0.242 e.